The van der Waals surface area contributed by atoms with E-state index in [4.69, 9.17) is 11.6 Å². The molecule has 0 bridgehead atoms. The maximum Gasteiger partial charge on any atom is 0.252 e. The quantitative estimate of drug-likeness (QED) is 0.742. The number of aromatic hydroxyl groups is 1. The molecule has 2 rings (SSSR count). The fraction of sp³-hybridized carbons (Fsp3) is 0.250. The molecule has 0 saturated carbocycles. The molecule has 3 nitrogen and oxygen atoms in total. The lowest BCUT2D eigenvalue weighted by molar-refractivity contribution is 0.480. The highest BCUT2D eigenvalue weighted by Crippen LogP contribution is 2.26. The van der Waals surface area contributed by atoms with Gasteiger partial charge in [0.2, 0.25) is 0 Å². The van der Waals surface area contributed by atoms with Gasteiger partial charge < -0.3 is 10.1 Å². The molecule has 0 aliphatic rings. The second-order valence-corrected chi connectivity index (χ2v) is 3.57. The van der Waals surface area contributed by atoms with Gasteiger partial charge in [-0.15, -0.1) is 0 Å². The summed E-state index contributed by atoms with van der Waals surface area (Å²) in [6, 6.07) is 4.52. The van der Waals surface area contributed by atoms with Gasteiger partial charge in [0.05, 0.1) is 5.52 Å². The molecular formula is C12H14ClNO2. The van der Waals surface area contributed by atoms with Crippen LogP contribution in [0.4, 0.5) is 0 Å². The number of rotatable bonds is 0. The monoisotopic (exact) mass is 239 g/mol. The Labute approximate surface area is 98.7 Å². The summed E-state index contributed by atoms with van der Waals surface area (Å²) in [5.74, 6) is -0.0245. The summed E-state index contributed by atoms with van der Waals surface area (Å²) in [5, 5.41) is 10.7. The lowest BCUT2D eigenvalue weighted by Crippen LogP contribution is -2.03. The summed E-state index contributed by atoms with van der Waals surface area (Å²) >= 11 is 5.89. The summed E-state index contributed by atoms with van der Waals surface area (Å²) in [6.45, 7) is 5.84. The van der Waals surface area contributed by atoms with Crippen molar-refractivity contribution in [1.82, 2.24) is 4.98 Å². The minimum absolute atomic E-state index is 0.0245. The first-order valence-corrected chi connectivity index (χ1v) is 5.48. The van der Waals surface area contributed by atoms with Crippen molar-refractivity contribution >= 4 is 22.5 Å². The highest BCUT2D eigenvalue weighted by atomic mass is 35.5. The third kappa shape index (κ3) is 2.36. The molecule has 4 heteroatoms. The molecule has 16 heavy (non-hydrogen) atoms. The average Bonchev–Trinajstić information content (AvgIpc) is 2.24. The number of fused-ring (bicyclic) bond motifs is 1. The third-order valence-electron chi connectivity index (χ3n) is 2.10. The van der Waals surface area contributed by atoms with Crippen LogP contribution in [0.5, 0.6) is 5.75 Å². The number of halogens is 1. The second-order valence-electron chi connectivity index (χ2n) is 3.17. The molecule has 0 aliphatic heterocycles. The van der Waals surface area contributed by atoms with Crippen LogP contribution in [-0.4, -0.2) is 10.1 Å². The highest BCUT2D eigenvalue weighted by Gasteiger charge is 2.04. The van der Waals surface area contributed by atoms with Crippen molar-refractivity contribution in [2.45, 2.75) is 20.8 Å². The van der Waals surface area contributed by atoms with Gasteiger partial charge >= 0.3 is 0 Å². The SMILES string of the molecule is CC.Cc1cc2c(O)cc(=O)[nH]c2cc1Cl. The summed E-state index contributed by atoms with van der Waals surface area (Å²) in [4.78, 5) is 13.6. The molecule has 0 amide bonds. The van der Waals surface area contributed by atoms with Crippen molar-refractivity contribution in [3.63, 3.8) is 0 Å². The van der Waals surface area contributed by atoms with Crippen molar-refractivity contribution in [3.05, 3.63) is 39.1 Å². The molecule has 0 fully saturated rings. The van der Waals surface area contributed by atoms with Crippen molar-refractivity contribution in [2.75, 3.05) is 0 Å². The van der Waals surface area contributed by atoms with Gasteiger partial charge in [-0.05, 0) is 24.6 Å². The van der Waals surface area contributed by atoms with Crippen molar-refractivity contribution < 1.29 is 5.11 Å². The Kier molecular flexibility index (Phi) is 3.96. The molecule has 0 aliphatic carbocycles. The van der Waals surface area contributed by atoms with Gasteiger partial charge in [0.1, 0.15) is 5.75 Å². The van der Waals surface area contributed by atoms with Crippen LogP contribution < -0.4 is 5.56 Å². The Balaban J connectivity index is 0.000000606. The van der Waals surface area contributed by atoms with E-state index in [9.17, 15) is 9.90 Å². The topological polar surface area (TPSA) is 53.1 Å². The van der Waals surface area contributed by atoms with E-state index in [-0.39, 0.29) is 11.3 Å². The Morgan fingerprint density at radius 3 is 2.50 bits per heavy atom. The molecule has 2 N–H and O–H groups in total. The number of aromatic amines is 1. The van der Waals surface area contributed by atoms with E-state index in [0.717, 1.165) is 11.6 Å². The van der Waals surface area contributed by atoms with Crippen molar-refractivity contribution in [1.29, 1.82) is 0 Å². The first kappa shape index (κ1) is 12.6. The Morgan fingerprint density at radius 2 is 1.88 bits per heavy atom. The fourth-order valence-electron chi connectivity index (χ4n) is 1.37. The van der Waals surface area contributed by atoms with Crippen LogP contribution in [0.2, 0.25) is 5.02 Å². The first-order valence-electron chi connectivity index (χ1n) is 5.10. The number of pyridine rings is 1. The molecule has 2 aromatic rings. The van der Waals surface area contributed by atoms with E-state index >= 15 is 0 Å². The Morgan fingerprint density at radius 1 is 1.25 bits per heavy atom. The standard InChI is InChI=1S/C10H8ClNO2.C2H6/c1-5-2-6-8(3-7(5)11)12-10(14)4-9(6)13;1-2/h2-4H,1H3,(H2,12,13,14);1-2H3. The number of aryl methyl sites for hydroxylation is 1. The first-order chi connectivity index (χ1) is 7.58. The molecule has 0 spiro atoms. The van der Waals surface area contributed by atoms with E-state index in [2.05, 4.69) is 4.98 Å². The normalized spacial score (nSPS) is 9.75. The number of hydrogen-bond donors (Lipinski definition) is 2. The summed E-state index contributed by atoms with van der Waals surface area (Å²) in [6.07, 6.45) is 0. The second kappa shape index (κ2) is 5.03. The molecule has 1 heterocycles. The van der Waals surface area contributed by atoms with Crippen LogP contribution in [-0.2, 0) is 0 Å². The highest BCUT2D eigenvalue weighted by molar-refractivity contribution is 6.32. The molecule has 86 valence electrons. The zero-order chi connectivity index (χ0) is 12.3. The molecule has 0 radical (unpaired) electrons. The largest absolute Gasteiger partial charge is 0.507 e. The molecule has 0 saturated heterocycles. The maximum absolute atomic E-state index is 11.0. The predicted octanol–water partition coefficient (Wildman–Crippen LogP) is 3.22. The minimum atomic E-state index is -0.338. The van der Waals surface area contributed by atoms with Crippen LogP contribution >= 0.6 is 11.6 Å². The van der Waals surface area contributed by atoms with Gasteiger partial charge in [-0.2, -0.15) is 0 Å². The smallest absolute Gasteiger partial charge is 0.252 e. The number of H-pyrrole nitrogens is 1. The van der Waals surface area contributed by atoms with Crippen molar-refractivity contribution in [3.8, 4) is 5.75 Å². The third-order valence-corrected chi connectivity index (χ3v) is 2.51. The van der Waals surface area contributed by atoms with Crippen molar-refractivity contribution in [2.24, 2.45) is 0 Å². The number of aromatic nitrogens is 1. The van der Waals surface area contributed by atoms with Gasteiger partial charge in [0, 0.05) is 16.5 Å². The van der Waals surface area contributed by atoms with E-state index in [1.54, 1.807) is 12.1 Å². The van der Waals surface area contributed by atoms with Crippen LogP contribution in [0.25, 0.3) is 10.9 Å². The van der Waals surface area contributed by atoms with Gasteiger partial charge in [-0.1, -0.05) is 25.4 Å². The Hall–Kier alpha value is -1.48. The summed E-state index contributed by atoms with van der Waals surface area (Å²) < 4.78 is 0. The molecule has 0 atom stereocenters. The van der Waals surface area contributed by atoms with E-state index in [1.165, 1.54) is 0 Å². The summed E-state index contributed by atoms with van der Waals surface area (Å²) in [7, 11) is 0. The van der Waals surface area contributed by atoms with E-state index < -0.39 is 0 Å². The lowest BCUT2D eigenvalue weighted by atomic mass is 10.1. The van der Waals surface area contributed by atoms with Gasteiger partial charge in [-0.3, -0.25) is 4.79 Å². The molecule has 1 aromatic heterocycles. The van der Waals surface area contributed by atoms with Gasteiger partial charge in [0.15, 0.2) is 0 Å². The molecule has 1 aromatic carbocycles. The number of benzene rings is 1. The minimum Gasteiger partial charge on any atom is -0.507 e. The average molecular weight is 240 g/mol. The molecule has 0 unspecified atom stereocenters. The van der Waals surface area contributed by atoms with E-state index in [0.29, 0.717) is 15.9 Å². The fourth-order valence-corrected chi connectivity index (χ4v) is 1.53. The van der Waals surface area contributed by atoms with Gasteiger partial charge in [-0.25, -0.2) is 0 Å². The van der Waals surface area contributed by atoms with Gasteiger partial charge in [0.25, 0.3) is 5.56 Å². The predicted molar refractivity (Wildman–Crippen MR) is 67.3 cm³/mol. The van der Waals surface area contributed by atoms with Crippen LogP contribution in [0, 0.1) is 6.92 Å². The zero-order valence-corrected chi connectivity index (χ0v) is 10.2. The van der Waals surface area contributed by atoms with Crippen LogP contribution in [0.1, 0.15) is 19.4 Å². The maximum atomic E-state index is 11.0. The number of nitrogens with one attached hydrogen (secondary N) is 1. The molecular weight excluding hydrogens is 226 g/mol. The lowest BCUT2D eigenvalue weighted by Gasteiger charge is -2.03. The zero-order valence-electron chi connectivity index (χ0n) is 9.47. The Bertz CT molecular complexity index is 561. The van der Waals surface area contributed by atoms with Crippen LogP contribution in [0.3, 0.4) is 0 Å². The van der Waals surface area contributed by atoms with E-state index in [1.807, 2.05) is 20.8 Å². The summed E-state index contributed by atoms with van der Waals surface area (Å²) in [5.41, 5.74) is 1.07. The number of hydrogen-bond acceptors (Lipinski definition) is 2. The van der Waals surface area contributed by atoms with Crippen LogP contribution in [0.15, 0.2) is 23.0 Å².